The van der Waals surface area contributed by atoms with E-state index in [9.17, 15) is 9.59 Å². The lowest BCUT2D eigenvalue weighted by molar-refractivity contribution is 0.0883. The maximum Gasteiger partial charge on any atom is 0.253 e. The molecular formula is C28H30Cl2N2O4. The lowest BCUT2D eigenvalue weighted by Gasteiger charge is -2.22. The van der Waals surface area contributed by atoms with E-state index in [1.807, 2.05) is 0 Å². The minimum Gasteiger partial charge on any atom is -0.493 e. The topological polar surface area (TPSA) is 76.7 Å². The normalized spacial score (nSPS) is 10.7. The van der Waals surface area contributed by atoms with Gasteiger partial charge in [0, 0.05) is 21.2 Å². The number of hydrogen-bond acceptors (Lipinski definition) is 4. The van der Waals surface area contributed by atoms with Crippen molar-refractivity contribution in [1.82, 2.24) is 10.6 Å². The molecule has 0 aliphatic carbocycles. The molecule has 0 aliphatic rings. The largest absolute Gasteiger partial charge is 0.493 e. The zero-order chi connectivity index (χ0) is 25.9. The molecule has 0 saturated carbocycles. The zero-order valence-corrected chi connectivity index (χ0v) is 21.9. The predicted octanol–water partition coefficient (Wildman–Crippen LogP) is 6.82. The quantitative estimate of drug-likeness (QED) is 0.199. The first-order chi connectivity index (χ1) is 17.4. The standard InChI is InChI=1S/C28H30Cl2N2O4/c1-3-4-5-6-17-36-25-18-21(11-16-24(25)35-2)26(31-27(33)19-7-12-22(29)13-8-19)32-28(34)20-9-14-23(30)15-10-20/h7-16,18,26H,3-6,17H2,1-2H3,(H,31,33)(H,32,34). The van der Waals surface area contributed by atoms with Crippen molar-refractivity contribution < 1.29 is 19.1 Å². The summed E-state index contributed by atoms with van der Waals surface area (Å²) in [7, 11) is 1.57. The van der Waals surface area contributed by atoms with Crippen molar-refractivity contribution in [3.8, 4) is 11.5 Å². The van der Waals surface area contributed by atoms with Crippen molar-refractivity contribution in [3.05, 3.63) is 93.5 Å². The van der Waals surface area contributed by atoms with Crippen molar-refractivity contribution >= 4 is 35.0 Å². The molecule has 0 saturated heterocycles. The van der Waals surface area contributed by atoms with Gasteiger partial charge in [-0.15, -0.1) is 0 Å². The summed E-state index contributed by atoms with van der Waals surface area (Å²) in [5.41, 5.74) is 1.45. The SMILES string of the molecule is CCCCCCOc1cc(C(NC(=O)c2ccc(Cl)cc2)NC(=O)c2ccc(Cl)cc2)ccc1OC. The van der Waals surface area contributed by atoms with Crippen molar-refractivity contribution in [1.29, 1.82) is 0 Å². The number of methoxy groups -OCH3 is 1. The number of unbranched alkanes of at least 4 members (excludes halogenated alkanes) is 3. The summed E-state index contributed by atoms with van der Waals surface area (Å²) in [5.74, 6) is 0.371. The average molecular weight is 529 g/mol. The third-order valence-corrected chi connectivity index (χ3v) is 6.04. The van der Waals surface area contributed by atoms with Crippen LogP contribution in [0.3, 0.4) is 0 Å². The lowest BCUT2D eigenvalue weighted by Crippen LogP contribution is -2.41. The molecule has 0 atom stereocenters. The van der Waals surface area contributed by atoms with Gasteiger partial charge in [0.25, 0.3) is 11.8 Å². The van der Waals surface area contributed by atoms with Crippen molar-refractivity contribution in [2.75, 3.05) is 13.7 Å². The second-order valence-corrected chi connectivity index (χ2v) is 9.09. The first-order valence-corrected chi connectivity index (χ1v) is 12.6. The highest BCUT2D eigenvalue weighted by Gasteiger charge is 2.21. The third-order valence-electron chi connectivity index (χ3n) is 5.54. The molecule has 0 bridgehead atoms. The van der Waals surface area contributed by atoms with E-state index >= 15 is 0 Å². The number of nitrogens with one attached hydrogen (secondary N) is 2. The van der Waals surface area contributed by atoms with Crippen molar-refractivity contribution in [3.63, 3.8) is 0 Å². The number of halogens is 2. The number of benzene rings is 3. The monoisotopic (exact) mass is 528 g/mol. The van der Waals surface area contributed by atoms with E-state index in [0.717, 1.165) is 25.7 Å². The Labute approximate surface area is 221 Å². The fourth-order valence-electron chi connectivity index (χ4n) is 3.53. The number of hydrogen-bond donors (Lipinski definition) is 2. The maximum atomic E-state index is 13.0. The van der Waals surface area contributed by atoms with Gasteiger partial charge in [0.1, 0.15) is 6.17 Å². The molecule has 0 radical (unpaired) electrons. The number of ether oxygens (including phenoxy) is 2. The second kappa shape index (κ2) is 13.8. The van der Waals surface area contributed by atoms with E-state index in [2.05, 4.69) is 17.6 Å². The van der Waals surface area contributed by atoms with Gasteiger partial charge in [-0.3, -0.25) is 9.59 Å². The highest BCUT2D eigenvalue weighted by atomic mass is 35.5. The molecule has 3 aromatic carbocycles. The molecule has 0 aliphatic heterocycles. The third kappa shape index (κ3) is 7.90. The van der Waals surface area contributed by atoms with Crippen LogP contribution in [0.1, 0.15) is 65.1 Å². The van der Waals surface area contributed by atoms with Gasteiger partial charge in [0.05, 0.1) is 13.7 Å². The highest BCUT2D eigenvalue weighted by Crippen LogP contribution is 2.30. The van der Waals surface area contributed by atoms with E-state index in [1.165, 1.54) is 0 Å². The Morgan fingerprint density at radius 3 is 1.83 bits per heavy atom. The number of carbonyl (C=O) groups is 2. The van der Waals surface area contributed by atoms with E-state index in [-0.39, 0.29) is 11.8 Å². The molecule has 36 heavy (non-hydrogen) atoms. The summed E-state index contributed by atoms with van der Waals surface area (Å²) in [6.07, 6.45) is 3.45. The first kappa shape index (κ1) is 27.4. The zero-order valence-electron chi connectivity index (χ0n) is 20.4. The van der Waals surface area contributed by atoms with Crippen LogP contribution < -0.4 is 20.1 Å². The van der Waals surface area contributed by atoms with E-state index in [4.69, 9.17) is 32.7 Å². The summed E-state index contributed by atoms with van der Waals surface area (Å²) in [6, 6.07) is 18.3. The first-order valence-electron chi connectivity index (χ1n) is 11.8. The van der Waals surface area contributed by atoms with Crippen LogP contribution >= 0.6 is 23.2 Å². The lowest BCUT2D eigenvalue weighted by atomic mass is 10.1. The van der Waals surface area contributed by atoms with Crippen molar-refractivity contribution in [2.45, 2.75) is 38.8 Å². The second-order valence-electron chi connectivity index (χ2n) is 8.21. The van der Waals surface area contributed by atoms with Crippen LogP contribution in [0.5, 0.6) is 11.5 Å². The molecule has 2 N–H and O–H groups in total. The average Bonchev–Trinajstić information content (AvgIpc) is 2.88. The molecule has 3 aromatic rings. The van der Waals surface area contributed by atoms with Gasteiger partial charge in [-0.1, -0.05) is 55.5 Å². The molecule has 8 heteroatoms. The molecule has 2 amide bonds. The summed E-state index contributed by atoms with van der Waals surface area (Å²) in [5, 5.41) is 6.83. The van der Waals surface area contributed by atoms with E-state index in [1.54, 1.807) is 73.8 Å². The number of amides is 2. The summed E-state index contributed by atoms with van der Waals surface area (Å²) >= 11 is 11.9. The van der Waals surface area contributed by atoms with Gasteiger partial charge < -0.3 is 20.1 Å². The molecule has 6 nitrogen and oxygen atoms in total. The van der Waals surface area contributed by atoms with Crippen LogP contribution in [-0.2, 0) is 0 Å². The van der Waals surface area contributed by atoms with Gasteiger partial charge in [-0.25, -0.2) is 0 Å². The van der Waals surface area contributed by atoms with E-state index < -0.39 is 6.17 Å². The maximum absolute atomic E-state index is 13.0. The number of carbonyl (C=O) groups excluding carboxylic acids is 2. The Morgan fingerprint density at radius 1 is 0.778 bits per heavy atom. The molecule has 0 heterocycles. The fraction of sp³-hybridized carbons (Fsp3) is 0.286. The van der Waals surface area contributed by atoms with Gasteiger partial charge in [-0.2, -0.15) is 0 Å². The number of rotatable bonds is 12. The van der Waals surface area contributed by atoms with Crippen LogP contribution in [0.4, 0.5) is 0 Å². The minimum atomic E-state index is -0.843. The van der Waals surface area contributed by atoms with Crippen molar-refractivity contribution in [2.24, 2.45) is 0 Å². The van der Waals surface area contributed by atoms with Gasteiger partial charge >= 0.3 is 0 Å². The Morgan fingerprint density at radius 2 is 1.33 bits per heavy atom. The predicted molar refractivity (Wildman–Crippen MR) is 143 cm³/mol. The molecule has 0 aromatic heterocycles. The van der Waals surface area contributed by atoms with E-state index in [0.29, 0.717) is 44.8 Å². The van der Waals surface area contributed by atoms with Gasteiger partial charge in [0.15, 0.2) is 11.5 Å². The molecule has 0 unspecified atom stereocenters. The van der Waals surface area contributed by atoms with Crippen LogP contribution in [0.15, 0.2) is 66.7 Å². The fourth-order valence-corrected chi connectivity index (χ4v) is 3.78. The summed E-state index contributed by atoms with van der Waals surface area (Å²) in [6.45, 7) is 2.70. The Kier molecular flexibility index (Phi) is 10.5. The van der Waals surface area contributed by atoms with Gasteiger partial charge in [-0.05, 0) is 72.6 Å². The van der Waals surface area contributed by atoms with Gasteiger partial charge in [0.2, 0.25) is 0 Å². The van der Waals surface area contributed by atoms with Crippen LogP contribution in [0.2, 0.25) is 10.0 Å². The summed E-state index contributed by atoms with van der Waals surface area (Å²) < 4.78 is 11.4. The smallest absolute Gasteiger partial charge is 0.253 e. The highest BCUT2D eigenvalue weighted by molar-refractivity contribution is 6.31. The molecule has 0 spiro atoms. The Hall–Kier alpha value is -3.22. The Balaban J connectivity index is 1.86. The molecular weight excluding hydrogens is 499 g/mol. The summed E-state index contributed by atoms with van der Waals surface area (Å²) in [4.78, 5) is 26.0. The molecule has 3 rings (SSSR count). The van der Waals surface area contributed by atoms with Crippen LogP contribution in [0, 0.1) is 0 Å². The minimum absolute atomic E-state index is 0.370. The van der Waals surface area contributed by atoms with Crippen LogP contribution in [-0.4, -0.2) is 25.5 Å². The molecule has 190 valence electrons. The molecule has 0 fully saturated rings. The Bertz CT molecular complexity index is 1090. The van der Waals surface area contributed by atoms with Crippen LogP contribution in [0.25, 0.3) is 0 Å².